The van der Waals surface area contributed by atoms with E-state index in [1.807, 2.05) is 6.92 Å². The number of carboxylic acids is 1. The first-order valence-corrected chi connectivity index (χ1v) is 4.92. The molecule has 0 aromatic carbocycles. The predicted octanol–water partition coefficient (Wildman–Crippen LogP) is 1.57. The van der Waals surface area contributed by atoms with Crippen molar-refractivity contribution in [2.75, 3.05) is 6.61 Å². The molecule has 1 aromatic rings. The third kappa shape index (κ3) is 1.74. The van der Waals surface area contributed by atoms with E-state index in [0.29, 0.717) is 18.2 Å². The quantitative estimate of drug-likeness (QED) is 0.803. The minimum Gasteiger partial charge on any atom is -0.475 e. The van der Waals surface area contributed by atoms with Gasteiger partial charge in [-0.1, -0.05) is 0 Å². The van der Waals surface area contributed by atoms with Gasteiger partial charge in [0.15, 0.2) is 0 Å². The van der Waals surface area contributed by atoms with Gasteiger partial charge in [0.05, 0.1) is 17.7 Å². The summed E-state index contributed by atoms with van der Waals surface area (Å²) in [7, 11) is 0. The van der Waals surface area contributed by atoms with Crippen molar-refractivity contribution in [2.45, 2.75) is 32.3 Å². The molecule has 5 nitrogen and oxygen atoms in total. The highest BCUT2D eigenvalue weighted by molar-refractivity contribution is 5.85. The first kappa shape index (κ1) is 10.2. The van der Waals surface area contributed by atoms with Crippen molar-refractivity contribution in [2.24, 2.45) is 0 Å². The highest BCUT2D eigenvalue weighted by Crippen LogP contribution is 2.31. The lowest BCUT2D eigenvalue weighted by Gasteiger charge is -2.08. The Kier molecular flexibility index (Phi) is 2.48. The summed E-state index contributed by atoms with van der Waals surface area (Å²) in [6.45, 7) is 4.25. The third-order valence-corrected chi connectivity index (χ3v) is 2.70. The summed E-state index contributed by atoms with van der Waals surface area (Å²) in [5, 5.41) is 8.82. The number of ether oxygens (including phenoxy) is 1. The average Bonchev–Trinajstić information content (AvgIpc) is 2.71. The van der Waals surface area contributed by atoms with Gasteiger partial charge in [-0.2, -0.15) is 0 Å². The van der Waals surface area contributed by atoms with Gasteiger partial charge < -0.3 is 14.3 Å². The summed E-state index contributed by atoms with van der Waals surface area (Å²) in [6.07, 6.45) is 0.880. The highest BCUT2D eigenvalue weighted by Gasteiger charge is 2.31. The Bertz CT molecular complexity index is 385. The van der Waals surface area contributed by atoms with E-state index >= 15 is 0 Å². The summed E-state index contributed by atoms with van der Waals surface area (Å²) in [4.78, 5) is 14.9. The molecule has 1 fully saturated rings. The van der Waals surface area contributed by atoms with Gasteiger partial charge in [-0.05, 0) is 20.3 Å². The van der Waals surface area contributed by atoms with Crippen LogP contribution in [0.3, 0.4) is 0 Å². The zero-order valence-corrected chi connectivity index (χ0v) is 8.69. The monoisotopic (exact) mass is 211 g/mol. The number of hydrogen-bond acceptors (Lipinski definition) is 4. The molecule has 0 bridgehead atoms. The molecule has 1 aliphatic rings. The molecule has 15 heavy (non-hydrogen) atoms. The Morgan fingerprint density at radius 3 is 2.80 bits per heavy atom. The van der Waals surface area contributed by atoms with Crippen molar-refractivity contribution in [1.29, 1.82) is 0 Å². The smallest absolute Gasteiger partial charge is 0.373 e. The summed E-state index contributed by atoms with van der Waals surface area (Å²) in [5.74, 6) is -0.575. The molecular formula is C10H13NO4. The van der Waals surface area contributed by atoms with E-state index in [-0.39, 0.29) is 17.8 Å². The third-order valence-electron chi connectivity index (χ3n) is 2.70. The fourth-order valence-electron chi connectivity index (χ4n) is 1.83. The fourth-order valence-corrected chi connectivity index (χ4v) is 1.83. The number of hydrogen-bond donors (Lipinski definition) is 1. The lowest BCUT2D eigenvalue weighted by Crippen LogP contribution is -2.09. The summed E-state index contributed by atoms with van der Waals surface area (Å²) in [5.41, 5.74) is 0.427. The molecule has 0 amide bonds. The van der Waals surface area contributed by atoms with E-state index in [4.69, 9.17) is 14.3 Å². The lowest BCUT2D eigenvalue weighted by molar-refractivity contribution is 0.0655. The van der Waals surface area contributed by atoms with Crippen LogP contribution < -0.4 is 0 Å². The minimum atomic E-state index is -1.07. The number of carboxylic acid groups (broad SMARTS) is 1. The zero-order chi connectivity index (χ0) is 11.0. The van der Waals surface area contributed by atoms with Crippen molar-refractivity contribution >= 4 is 5.97 Å². The Labute approximate surface area is 87.1 Å². The first-order valence-electron chi connectivity index (χ1n) is 4.92. The second-order valence-electron chi connectivity index (χ2n) is 3.74. The van der Waals surface area contributed by atoms with Crippen LogP contribution in [0.1, 0.15) is 41.4 Å². The van der Waals surface area contributed by atoms with Crippen molar-refractivity contribution in [3.8, 4) is 0 Å². The van der Waals surface area contributed by atoms with Gasteiger partial charge in [-0.3, -0.25) is 0 Å². The summed E-state index contributed by atoms with van der Waals surface area (Å²) in [6, 6.07) is 0. The molecular weight excluding hydrogens is 198 g/mol. The van der Waals surface area contributed by atoms with Crippen LogP contribution in [0, 0.1) is 6.92 Å². The highest BCUT2D eigenvalue weighted by atomic mass is 16.5. The average molecular weight is 211 g/mol. The normalized spacial score (nSPS) is 25.7. The molecule has 2 atom stereocenters. The van der Waals surface area contributed by atoms with Crippen molar-refractivity contribution in [3.05, 3.63) is 17.3 Å². The van der Waals surface area contributed by atoms with Gasteiger partial charge in [-0.15, -0.1) is 0 Å². The molecule has 1 aromatic heterocycles. The summed E-state index contributed by atoms with van der Waals surface area (Å²) >= 11 is 0. The fraction of sp³-hybridized carbons (Fsp3) is 0.600. The second kappa shape index (κ2) is 3.66. The molecule has 2 rings (SSSR count). The van der Waals surface area contributed by atoms with E-state index < -0.39 is 5.97 Å². The molecule has 1 N–H and O–H groups in total. The Morgan fingerprint density at radius 1 is 1.60 bits per heavy atom. The molecule has 5 heteroatoms. The number of carbonyl (C=O) groups is 1. The number of aryl methyl sites for hydroxylation is 1. The van der Waals surface area contributed by atoms with Gasteiger partial charge >= 0.3 is 5.97 Å². The number of oxazole rings is 1. The minimum absolute atomic E-state index is 0.0460. The maximum Gasteiger partial charge on any atom is 0.373 e. The van der Waals surface area contributed by atoms with Crippen LogP contribution in [0.15, 0.2) is 4.42 Å². The van der Waals surface area contributed by atoms with Crippen LogP contribution in [-0.4, -0.2) is 28.8 Å². The number of rotatable bonds is 2. The van der Waals surface area contributed by atoms with Gasteiger partial charge in [0.2, 0.25) is 11.7 Å². The largest absolute Gasteiger partial charge is 0.475 e. The maximum absolute atomic E-state index is 10.8. The van der Waals surface area contributed by atoms with E-state index in [1.54, 1.807) is 6.92 Å². The lowest BCUT2D eigenvalue weighted by atomic mass is 10.0. The molecule has 0 spiro atoms. The van der Waals surface area contributed by atoms with E-state index in [2.05, 4.69) is 4.98 Å². The van der Waals surface area contributed by atoms with Gasteiger partial charge in [-0.25, -0.2) is 9.78 Å². The van der Waals surface area contributed by atoms with Gasteiger partial charge in [0, 0.05) is 6.61 Å². The standard InChI is InChI=1S/C10H13NO4/c1-5-8(10(12)13)15-9(11-5)7-3-4-14-6(7)2/h6-7H,3-4H2,1-2H3,(H,12,13)/t6-,7-/m1/s1. The van der Waals surface area contributed by atoms with Crippen LogP contribution in [0.25, 0.3) is 0 Å². The summed E-state index contributed by atoms with van der Waals surface area (Å²) < 4.78 is 10.6. The predicted molar refractivity (Wildman–Crippen MR) is 51.0 cm³/mol. The molecule has 0 aliphatic carbocycles. The van der Waals surface area contributed by atoms with Crippen molar-refractivity contribution in [3.63, 3.8) is 0 Å². The van der Waals surface area contributed by atoms with Crippen molar-refractivity contribution in [1.82, 2.24) is 4.98 Å². The van der Waals surface area contributed by atoms with Crippen LogP contribution in [-0.2, 0) is 4.74 Å². The van der Waals surface area contributed by atoms with Crippen LogP contribution in [0.4, 0.5) is 0 Å². The first-order chi connectivity index (χ1) is 7.09. The Hall–Kier alpha value is -1.36. The molecule has 1 aliphatic heterocycles. The van der Waals surface area contributed by atoms with E-state index in [0.717, 1.165) is 6.42 Å². The van der Waals surface area contributed by atoms with Gasteiger partial charge in [0.1, 0.15) is 0 Å². The molecule has 1 saturated heterocycles. The molecule has 82 valence electrons. The second-order valence-corrected chi connectivity index (χ2v) is 3.74. The molecule has 0 radical (unpaired) electrons. The number of aromatic carboxylic acids is 1. The SMILES string of the molecule is Cc1nc([C@@H]2CCO[C@@H]2C)oc1C(=O)O. The van der Waals surface area contributed by atoms with Gasteiger partial charge in [0.25, 0.3) is 0 Å². The number of nitrogens with zero attached hydrogens (tertiary/aromatic N) is 1. The number of aromatic nitrogens is 1. The van der Waals surface area contributed by atoms with Crippen LogP contribution in [0.2, 0.25) is 0 Å². The van der Waals surface area contributed by atoms with Crippen molar-refractivity contribution < 1.29 is 19.1 Å². The zero-order valence-electron chi connectivity index (χ0n) is 8.69. The maximum atomic E-state index is 10.8. The van der Waals surface area contributed by atoms with Crippen LogP contribution in [0.5, 0.6) is 0 Å². The molecule has 0 saturated carbocycles. The Balaban J connectivity index is 2.29. The van der Waals surface area contributed by atoms with Crippen LogP contribution >= 0.6 is 0 Å². The molecule has 0 unspecified atom stereocenters. The molecule has 2 heterocycles. The Morgan fingerprint density at radius 2 is 2.33 bits per heavy atom. The topological polar surface area (TPSA) is 72.6 Å². The van der Waals surface area contributed by atoms with E-state index in [1.165, 1.54) is 0 Å². The van der Waals surface area contributed by atoms with E-state index in [9.17, 15) is 4.79 Å².